The van der Waals surface area contributed by atoms with Gasteiger partial charge in [-0.3, -0.25) is 15.2 Å². The molecule has 0 saturated heterocycles. The van der Waals surface area contributed by atoms with Gasteiger partial charge in [0.1, 0.15) is 0 Å². The van der Waals surface area contributed by atoms with Gasteiger partial charge in [-0.1, -0.05) is 0 Å². The summed E-state index contributed by atoms with van der Waals surface area (Å²) in [5, 5.41) is 16.8. The van der Waals surface area contributed by atoms with Crippen LogP contribution in [0.4, 0.5) is 0 Å². The van der Waals surface area contributed by atoms with E-state index in [0.717, 1.165) is 6.42 Å². The minimum Gasteiger partial charge on any atom is -0.394 e. The molecule has 0 radical (unpaired) electrons. The van der Waals surface area contributed by atoms with Gasteiger partial charge in [-0.2, -0.15) is 0 Å². The first-order valence-electron chi connectivity index (χ1n) is 6.97. The van der Waals surface area contributed by atoms with Crippen LogP contribution < -0.4 is 11.3 Å². The number of nitrogens with two attached hydrogens (primary N) is 1. The SMILES string of the molecule is CC(CCOCCO)OCCO.NNC(=O)c1ccncc1. The summed E-state index contributed by atoms with van der Waals surface area (Å²) in [6.45, 7) is 3.40. The van der Waals surface area contributed by atoms with Gasteiger partial charge in [-0.25, -0.2) is 5.84 Å². The molecule has 126 valence electrons. The predicted molar refractivity (Wildman–Crippen MR) is 80.9 cm³/mol. The molecule has 8 nitrogen and oxygen atoms in total. The molecule has 1 amide bonds. The Kier molecular flexibility index (Phi) is 13.3. The van der Waals surface area contributed by atoms with E-state index in [1.165, 1.54) is 12.4 Å². The lowest BCUT2D eigenvalue weighted by molar-refractivity contribution is 0.0100. The van der Waals surface area contributed by atoms with Gasteiger partial charge in [0.25, 0.3) is 5.91 Å². The van der Waals surface area contributed by atoms with Gasteiger partial charge < -0.3 is 19.7 Å². The zero-order chi connectivity index (χ0) is 16.6. The van der Waals surface area contributed by atoms with Crippen LogP contribution in [0.25, 0.3) is 0 Å². The van der Waals surface area contributed by atoms with E-state index >= 15 is 0 Å². The van der Waals surface area contributed by atoms with Crippen LogP contribution in [-0.2, 0) is 9.47 Å². The van der Waals surface area contributed by atoms with Crippen molar-refractivity contribution in [3.63, 3.8) is 0 Å². The molecular formula is C14H25N3O5. The minimum atomic E-state index is -0.303. The summed E-state index contributed by atoms with van der Waals surface area (Å²) in [4.78, 5) is 14.5. The molecule has 1 aromatic rings. The number of hydrogen-bond donors (Lipinski definition) is 4. The molecule has 0 aliphatic rings. The summed E-state index contributed by atoms with van der Waals surface area (Å²) in [6.07, 6.45) is 3.96. The van der Waals surface area contributed by atoms with Crippen molar-refractivity contribution in [3.05, 3.63) is 30.1 Å². The molecule has 1 rings (SSSR count). The van der Waals surface area contributed by atoms with Gasteiger partial charge in [-0.05, 0) is 25.5 Å². The smallest absolute Gasteiger partial charge is 0.265 e. The summed E-state index contributed by atoms with van der Waals surface area (Å²) in [6, 6.07) is 3.17. The Morgan fingerprint density at radius 3 is 2.45 bits per heavy atom. The first-order chi connectivity index (χ1) is 10.7. The van der Waals surface area contributed by atoms with E-state index in [2.05, 4.69) is 4.98 Å². The van der Waals surface area contributed by atoms with Gasteiger partial charge in [0, 0.05) is 24.6 Å². The number of carbonyl (C=O) groups excluding carboxylic acids is 1. The molecule has 1 atom stereocenters. The Balaban J connectivity index is 0.000000406. The Bertz CT molecular complexity index is 378. The van der Waals surface area contributed by atoms with Crippen molar-refractivity contribution >= 4 is 5.91 Å². The molecule has 1 heterocycles. The van der Waals surface area contributed by atoms with E-state index < -0.39 is 0 Å². The zero-order valence-electron chi connectivity index (χ0n) is 12.8. The van der Waals surface area contributed by atoms with Crippen LogP contribution in [-0.4, -0.2) is 60.2 Å². The number of rotatable bonds is 9. The first kappa shape index (κ1) is 20.4. The highest BCUT2D eigenvalue weighted by Crippen LogP contribution is 1.96. The number of nitrogens with one attached hydrogen (secondary N) is 1. The second-order valence-electron chi connectivity index (χ2n) is 4.24. The summed E-state index contributed by atoms with van der Waals surface area (Å²) in [5.74, 6) is 4.58. The third-order valence-electron chi connectivity index (χ3n) is 2.47. The topological polar surface area (TPSA) is 127 Å². The average molecular weight is 315 g/mol. The molecule has 22 heavy (non-hydrogen) atoms. The van der Waals surface area contributed by atoms with Crippen molar-refractivity contribution in [2.45, 2.75) is 19.4 Å². The monoisotopic (exact) mass is 315 g/mol. The van der Waals surface area contributed by atoms with Crippen LogP contribution in [0, 0.1) is 0 Å². The lowest BCUT2D eigenvalue weighted by Crippen LogP contribution is -2.29. The highest BCUT2D eigenvalue weighted by Gasteiger charge is 2.00. The van der Waals surface area contributed by atoms with Crippen LogP contribution in [0.1, 0.15) is 23.7 Å². The van der Waals surface area contributed by atoms with E-state index in [1.54, 1.807) is 12.1 Å². The number of carbonyl (C=O) groups is 1. The minimum absolute atomic E-state index is 0.0574. The van der Waals surface area contributed by atoms with Gasteiger partial charge >= 0.3 is 0 Å². The number of aliphatic hydroxyl groups is 2. The Morgan fingerprint density at radius 1 is 1.27 bits per heavy atom. The summed E-state index contributed by atoms with van der Waals surface area (Å²) < 4.78 is 10.2. The fraction of sp³-hybridized carbons (Fsp3) is 0.571. The van der Waals surface area contributed by atoms with Crippen molar-refractivity contribution in [3.8, 4) is 0 Å². The molecule has 0 spiro atoms. The fourth-order valence-corrected chi connectivity index (χ4v) is 1.34. The van der Waals surface area contributed by atoms with Crippen LogP contribution in [0.2, 0.25) is 0 Å². The number of aliphatic hydroxyl groups excluding tert-OH is 2. The number of nitrogen functional groups attached to an aromatic ring is 1. The Hall–Kier alpha value is -1.58. The van der Waals surface area contributed by atoms with E-state index in [0.29, 0.717) is 25.4 Å². The van der Waals surface area contributed by atoms with Gasteiger partial charge in [0.05, 0.1) is 32.5 Å². The number of hydrogen-bond acceptors (Lipinski definition) is 7. The maximum Gasteiger partial charge on any atom is 0.265 e. The molecular weight excluding hydrogens is 290 g/mol. The van der Waals surface area contributed by atoms with Crippen molar-refractivity contribution < 1.29 is 24.5 Å². The normalized spacial score (nSPS) is 11.3. The molecule has 0 bridgehead atoms. The van der Waals surface area contributed by atoms with Gasteiger partial charge in [-0.15, -0.1) is 0 Å². The van der Waals surface area contributed by atoms with E-state index in [-0.39, 0.29) is 25.2 Å². The van der Waals surface area contributed by atoms with Crippen molar-refractivity contribution in [1.82, 2.24) is 10.4 Å². The number of nitrogens with zero attached hydrogens (tertiary/aromatic N) is 1. The van der Waals surface area contributed by atoms with E-state index in [1.807, 2.05) is 12.3 Å². The molecule has 1 aromatic heterocycles. The quantitative estimate of drug-likeness (QED) is 0.209. The molecule has 0 aliphatic carbocycles. The zero-order valence-corrected chi connectivity index (χ0v) is 12.8. The Labute approximate surface area is 130 Å². The van der Waals surface area contributed by atoms with Crippen LogP contribution in [0.15, 0.2) is 24.5 Å². The predicted octanol–water partition coefficient (Wildman–Crippen LogP) is -0.532. The molecule has 0 aliphatic heterocycles. The van der Waals surface area contributed by atoms with Crippen LogP contribution >= 0.6 is 0 Å². The number of pyridine rings is 1. The number of hydrazine groups is 1. The highest BCUT2D eigenvalue weighted by molar-refractivity contribution is 5.93. The summed E-state index contributed by atoms with van der Waals surface area (Å²) >= 11 is 0. The summed E-state index contributed by atoms with van der Waals surface area (Å²) in [5.41, 5.74) is 2.53. The second-order valence-corrected chi connectivity index (χ2v) is 4.24. The fourth-order valence-electron chi connectivity index (χ4n) is 1.34. The number of aromatic nitrogens is 1. The molecule has 5 N–H and O–H groups in total. The van der Waals surface area contributed by atoms with E-state index in [4.69, 9.17) is 25.5 Å². The standard InChI is InChI=1S/C8H18O4.C6H7N3O/c1-8(12-7-4-10)2-5-11-6-3-9;7-9-6(10)5-1-3-8-4-2-5/h8-10H,2-7H2,1H3;1-4H,7H2,(H,9,10). The second kappa shape index (κ2) is 14.4. The molecule has 1 unspecified atom stereocenters. The van der Waals surface area contributed by atoms with Gasteiger partial charge in [0.15, 0.2) is 0 Å². The number of ether oxygens (including phenoxy) is 2. The Morgan fingerprint density at radius 2 is 1.91 bits per heavy atom. The lowest BCUT2D eigenvalue weighted by atomic mass is 10.3. The van der Waals surface area contributed by atoms with E-state index in [9.17, 15) is 4.79 Å². The molecule has 0 saturated carbocycles. The van der Waals surface area contributed by atoms with Crippen molar-refractivity contribution in [2.24, 2.45) is 5.84 Å². The molecule has 8 heteroatoms. The molecule has 0 aromatic carbocycles. The van der Waals surface area contributed by atoms with Crippen molar-refractivity contribution in [2.75, 3.05) is 33.0 Å². The highest BCUT2D eigenvalue weighted by atomic mass is 16.5. The van der Waals surface area contributed by atoms with Crippen LogP contribution in [0.5, 0.6) is 0 Å². The molecule has 0 fully saturated rings. The number of amides is 1. The van der Waals surface area contributed by atoms with Crippen molar-refractivity contribution in [1.29, 1.82) is 0 Å². The maximum absolute atomic E-state index is 10.7. The maximum atomic E-state index is 10.7. The largest absolute Gasteiger partial charge is 0.394 e. The summed E-state index contributed by atoms with van der Waals surface area (Å²) in [7, 11) is 0. The first-order valence-corrected chi connectivity index (χ1v) is 6.97. The third-order valence-corrected chi connectivity index (χ3v) is 2.47. The van der Waals surface area contributed by atoms with Gasteiger partial charge in [0.2, 0.25) is 0 Å². The van der Waals surface area contributed by atoms with Crippen LogP contribution in [0.3, 0.4) is 0 Å². The average Bonchev–Trinajstić information content (AvgIpc) is 2.57. The third kappa shape index (κ3) is 11.1. The lowest BCUT2D eigenvalue weighted by Gasteiger charge is -2.11.